The van der Waals surface area contributed by atoms with Crippen LogP contribution in [-0.4, -0.2) is 16.1 Å². The van der Waals surface area contributed by atoms with Crippen molar-refractivity contribution in [3.8, 4) is 0 Å². The fourth-order valence-corrected chi connectivity index (χ4v) is 1.60. The first-order valence-corrected chi connectivity index (χ1v) is 4.65. The SMILES string of the molecule is CC(CCl)c1ccccc1[Si]. The van der Waals surface area contributed by atoms with Crippen LogP contribution in [0.1, 0.15) is 18.4 Å². The molecule has 3 radical (unpaired) electrons. The van der Waals surface area contributed by atoms with Gasteiger partial charge in [0.25, 0.3) is 0 Å². The maximum atomic E-state index is 5.74. The smallest absolute Gasteiger partial charge is 0.0715 e. The lowest BCUT2D eigenvalue weighted by Gasteiger charge is -2.10. The van der Waals surface area contributed by atoms with Crippen LogP contribution in [0, 0.1) is 0 Å². The van der Waals surface area contributed by atoms with Gasteiger partial charge in [0, 0.05) is 5.88 Å². The molecule has 0 saturated heterocycles. The van der Waals surface area contributed by atoms with Crippen molar-refractivity contribution in [3.05, 3.63) is 29.8 Å². The third-order valence-electron chi connectivity index (χ3n) is 1.72. The van der Waals surface area contributed by atoms with Gasteiger partial charge in [-0.15, -0.1) is 11.6 Å². The Morgan fingerprint density at radius 1 is 1.45 bits per heavy atom. The first kappa shape index (κ1) is 8.82. The van der Waals surface area contributed by atoms with E-state index in [1.54, 1.807) is 0 Å². The van der Waals surface area contributed by atoms with E-state index >= 15 is 0 Å². The molecule has 1 aromatic rings. The summed E-state index contributed by atoms with van der Waals surface area (Å²) in [5.41, 5.74) is 1.28. The van der Waals surface area contributed by atoms with Crippen molar-refractivity contribution in [1.29, 1.82) is 0 Å². The van der Waals surface area contributed by atoms with Crippen molar-refractivity contribution in [2.24, 2.45) is 0 Å². The highest BCUT2D eigenvalue weighted by Gasteiger charge is 2.04. The van der Waals surface area contributed by atoms with E-state index in [0.29, 0.717) is 11.8 Å². The Morgan fingerprint density at radius 2 is 2.09 bits per heavy atom. The molecule has 0 aliphatic heterocycles. The zero-order valence-corrected chi connectivity index (χ0v) is 8.23. The van der Waals surface area contributed by atoms with E-state index in [1.807, 2.05) is 18.2 Å². The molecule has 1 unspecified atom stereocenters. The Morgan fingerprint density at radius 3 is 2.64 bits per heavy atom. The quantitative estimate of drug-likeness (QED) is 0.483. The first-order valence-electron chi connectivity index (χ1n) is 3.62. The van der Waals surface area contributed by atoms with E-state index < -0.39 is 0 Å². The van der Waals surface area contributed by atoms with Gasteiger partial charge in [-0.2, -0.15) is 0 Å². The molecule has 2 heteroatoms. The Labute approximate surface area is 76.0 Å². The second-order valence-electron chi connectivity index (χ2n) is 2.64. The second kappa shape index (κ2) is 3.93. The fourth-order valence-electron chi connectivity index (χ4n) is 1.01. The first-order chi connectivity index (χ1) is 5.25. The molecule has 0 aliphatic rings. The zero-order valence-electron chi connectivity index (χ0n) is 6.47. The van der Waals surface area contributed by atoms with Crippen LogP contribution in [0.5, 0.6) is 0 Å². The number of rotatable bonds is 2. The number of hydrogen-bond acceptors (Lipinski definition) is 0. The molecule has 0 saturated carbocycles. The Kier molecular flexibility index (Phi) is 3.15. The molecule has 0 fully saturated rings. The van der Waals surface area contributed by atoms with E-state index in [2.05, 4.69) is 23.2 Å². The van der Waals surface area contributed by atoms with Gasteiger partial charge in [-0.05, 0) is 11.5 Å². The highest BCUT2D eigenvalue weighted by Crippen LogP contribution is 2.12. The average molecular weight is 182 g/mol. The van der Waals surface area contributed by atoms with Crippen LogP contribution in [0.2, 0.25) is 0 Å². The van der Waals surface area contributed by atoms with E-state index in [-0.39, 0.29) is 0 Å². The summed E-state index contributed by atoms with van der Waals surface area (Å²) in [5, 5.41) is 1.14. The Bertz CT molecular complexity index is 235. The summed E-state index contributed by atoms with van der Waals surface area (Å²) < 4.78 is 0. The lowest BCUT2D eigenvalue weighted by molar-refractivity contribution is 0.882. The maximum Gasteiger partial charge on any atom is 0.0715 e. The summed E-state index contributed by atoms with van der Waals surface area (Å²) in [6.45, 7) is 2.12. The van der Waals surface area contributed by atoms with Crippen LogP contribution >= 0.6 is 11.6 Å². The molecule has 0 nitrogen and oxygen atoms in total. The average Bonchev–Trinajstić information content (AvgIpc) is 2.04. The van der Waals surface area contributed by atoms with Crippen molar-refractivity contribution < 1.29 is 0 Å². The van der Waals surface area contributed by atoms with E-state index in [9.17, 15) is 0 Å². The third kappa shape index (κ3) is 2.08. The van der Waals surface area contributed by atoms with Crippen LogP contribution < -0.4 is 5.19 Å². The van der Waals surface area contributed by atoms with Gasteiger partial charge in [-0.25, -0.2) is 0 Å². The molecule has 1 aromatic carbocycles. The van der Waals surface area contributed by atoms with Crippen LogP contribution in [0.25, 0.3) is 0 Å². The molecule has 0 aliphatic carbocycles. The van der Waals surface area contributed by atoms with Crippen molar-refractivity contribution >= 4 is 27.0 Å². The monoisotopic (exact) mass is 181 g/mol. The molecule has 0 aromatic heterocycles. The topological polar surface area (TPSA) is 0 Å². The fraction of sp³-hybridized carbons (Fsp3) is 0.333. The van der Waals surface area contributed by atoms with E-state index in [4.69, 9.17) is 11.6 Å². The Balaban J connectivity index is 2.93. The molecule has 0 N–H and O–H groups in total. The van der Waals surface area contributed by atoms with Crippen LogP contribution in [0.4, 0.5) is 0 Å². The van der Waals surface area contributed by atoms with Gasteiger partial charge in [0.15, 0.2) is 0 Å². The lowest BCUT2D eigenvalue weighted by atomic mass is 10.0. The summed E-state index contributed by atoms with van der Waals surface area (Å²) in [6, 6.07) is 8.17. The van der Waals surface area contributed by atoms with Crippen LogP contribution in [0.15, 0.2) is 24.3 Å². The van der Waals surface area contributed by atoms with Gasteiger partial charge < -0.3 is 0 Å². The normalized spacial score (nSPS) is 13.0. The third-order valence-corrected chi connectivity index (χ3v) is 2.64. The van der Waals surface area contributed by atoms with Gasteiger partial charge in [0.1, 0.15) is 0 Å². The minimum atomic E-state index is 0.422. The van der Waals surface area contributed by atoms with Gasteiger partial charge in [0.05, 0.1) is 10.2 Å². The van der Waals surface area contributed by atoms with Crippen LogP contribution in [-0.2, 0) is 0 Å². The van der Waals surface area contributed by atoms with Crippen molar-refractivity contribution in [3.63, 3.8) is 0 Å². The number of halogens is 1. The molecular formula is C9H10ClSi. The van der Waals surface area contributed by atoms with Gasteiger partial charge >= 0.3 is 0 Å². The molecule has 0 spiro atoms. The lowest BCUT2D eigenvalue weighted by Crippen LogP contribution is -2.12. The molecule has 57 valence electrons. The number of hydrogen-bond donors (Lipinski definition) is 0. The van der Waals surface area contributed by atoms with E-state index in [1.165, 1.54) is 5.56 Å². The van der Waals surface area contributed by atoms with Crippen molar-refractivity contribution in [2.75, 3.05) is 5.88 Å². The van der Waals surface area contributed by atoms with Crippen molar-refractivity contribution in [2.45, 2.75) is 12.8 Å². The maximum absolute atomic E-state index is 5.74. The predicted molar refractivity (Wildman–Crippen MR) is 51.0 cm³/mol. The van der Waals surface area contributed by atoms with E-state index in [0.717, 1.165) is 5.19 Å². The standard InChI is InChI=1S/C9H10ClSi/c1-7(6-10)8-4-2-3-5-9(8)11/h2-5,7H,6H2,1H3. The molecule has 1 rings (SSSR count). The van der Waals surface area contributed by atoms with Crippen LogP contribution in [0.3, 0.4) is 0 Å². The summed E-state index contributed by atoms with van der Waals surface area (Å²) in [4.78, 5) is 0. The number of alkyl halides is 1. The largest absolute Gasteiger partial charge is 0.126 e. The summed E-state index contributed by atoms with van der Waals surface area (Å²) in [6.07, 6.45) is 0. The number of benzene rings is 1. The molecule has 11 heavy (non-hydrogen) atoms. The van der Waals surface area contributed by atoms with Gasteiger partial charge in [-0.3, -0.25) is 0 Å². The molecule has 0 bridgehead atoms. The van der Waals surface area contributed by atoms with Gasteiger partial charge in [0.2, 0.25) is 0 Å². The predicted octanol–water partition coefficient (Wildman–Crippen LogP) is 1.82. The van der Waals surface area contributed by atoms with Gasteiger partial charge in [-0.1, -0.05) is 36.4 Å². The highest BCUT2D eigenvalue weighted by atomic mass is 35.5. The zero-order chi connectivity index (χ0) is 8.27. The molecule has 1 atom stereocenters. The minimum absolute atomic E-state index is 0.422. The molecule has 0 amide bonds. The summed E-state index contributed by atoms with van der Waals surface area (Å²) >= 11 is 5.74. The Hall–Kier alpha value is -0.273. The molecular weight excluding hydrogens is 172 g/mol. The summed E-state index contributed by atoms with van der Waals surface area (Å²) in [7, 11) is 3.53. The van der Waals surface area contributed by atoms with Crippen molar-refractivity contribution in [1.82, 2.24) is 0 Å². The molecule has 0 heterocycles. The minimum Gasteiger partial charge on any atom is -0.126 e. The highest BCUT2D eigenvalue weighted by molar-refractivity contribution is 6.33. The summed E-state index contributed by atoms with van der Waals surface area (Å²) in [5.74, 6) is 1.09. The second-order valence-corrected chi connectivity index (χ2v) is 3.49.